The molecule has 17 heavy (non-hydrogen) atoms. The van der Waals surface area contributed by atoms with Crippen LogP contribution in [0.2, 0.25) is 0 Å². The zero-order valence-electron chi connectivity index (χ0n) is 9.37. The average Bonchev–Trinajstić information content (AvgIpc) is 2.95. The molecular formula is C11H15BrN2O2S. The van der Waals surface area contributed by atoms with Crippen molar-refractivity contribution in [2.24, 2.45) is 5.92 Å². The van der Waals surface area contributed by atoms with Gasteiger partial charge < -0.3 is 15.4 Å². The molecule has 6 heteroatoms. The van der Waals surface area contributed by atoms with Crippen LogP contribution in [0.3, 0.4) is 0 Å². The lowest BCUT2D eigenvalue weighted by molar-refractivity contribution is 0.185. The van der Waals surface area contributed by atoms with Crippen LogP contribution in [-0.2, 0) is 11.3 Å². The van der Waals surface area contributed by atoms with Crippen LogP contribution < -0.4 is 10.6 Å². The summed E-state index contributed by atoms with van der Waals surface area (Å²) in [6, 6.07) is 1.90. The minimum Gasteiger partial charge on any atom is -0.381 e. The van der Waals surface area contributed by atoms with Gasteiger partial charge in [0, 0.05) is 33.8 Å². The molecule has 94 valence electrons. The second-order valence-electron chi connectivity index (χ2n) is 4.02. The van der Waals surface area contributed by atoms with Gasteiger partial charge in [0.05, 0.1) is 13.2 Å². The highest BCUT2D eigenvalue weighted by molar-refractivity contribution is 9.10. The summed E-state index contributed by atoms with van der Waals surface area (Å²) >= 11 is 5.01. The molecule has 2 amide bonds. The minimum atomic E-state index is -0.110. The van der Waals surface area contributed by atoms with Gasteiger partial charge in [-0.15, -0.1) is 11.3 Å². The van der Waals surface area contributed by atoms with E-state index in [1.165, 1.54) is 0 Å². The molecule has 0 aromatic carbocycles. The highest BCUT2D eigenvalue weighted by Gasteiger charge is 2.16. The summed E-state index contributed by atoms with van der Waals surface area (Å²) in [5.41, 5.74) is 0. The molecule has 4 nitrogen and oxygen atoms in total. The molecule has 2 heterocycles. The summed E-state index contributed by atoms with van der Waals surface area (Å²) in [5.74, 6) is 0.469. The molecule has 1 saturated heterocycles. The van der Waals surface area contributed by atoms with Crippen LogP contribution in [0.4, 0.5) is 4.79 Å². The van der Waals surface area contributed by atoms with Crippen LogP contribution in [0.25, 0.3) is 0 Å². The lowest BCUT2D eigenvalue weighted by Crippen LogP contribution is -2.37. The Hall–Kier alpha value is -0.590. The van der Waals surface area contributed by atoms with Gasteiger partial charge in [-0.3, -0.25) is 0 Å². The summed E-state index contributed by atoms with van der Waals surface area (Å²) < 4.78 is 6.30. The number of rotatable bonds is 4. The molecule has 0 aliphatic carbocycles. The van der Waals surface area contributed by atoms with Crippen LogP contribution in [0.5, 0.6) is 0 Å². The summed E-state index contributed by atoms with van der Waals surface area (Å²) in [4.78, 5) is 12.6. The number of carbonyl (C=O) groups is 1. The van der Waals surface area contributed by atoms with E-state index in [0.717, 1.165) is 29.0 Å². The van der Waals surface area contributed by atoms with Crippen LogP contribution in [0, 0.1) is 5.92 Å². The van der Waals surface area contributed by atoms with Crippen molar-refractivity contribution in [2.75, 3.05) is 19.8 Å². The summed E-state index contributed by atoms with van der Waals surface area (Å²) in [6.45, 7) is 2.85. The second-order valence-corrected chi connectivity index (χ2v) is 5.94. The molecule has 0 saturated carbocycles. The van der Waals surface area contributed by atoms with Crippen molar-refractivity contribution in [1.82, 2.24) is 10.6 Å². The first kappa shape index (κ1) is 12.9. The highest BCUT2D eigenvalue weighted by atomic mass is 79.9. The van der Waals surface area contributed by atoms with Gasteiger partial charge >= 0.3 is 6.03 Å². The molecule has 1 aliphatic heterocycles. The Balaban J connectivity index is 1.63. The van der Waals surface area contributed by atoms with E-state index in [1.807, 2.05) is 11.4 Å². The monoisotopic (exact) mass is 318 g/mol. The molecule has 0 spiro atoms. The van der Waals surface area contributed by atoms with Crippen molar-refractivity contribution in [3.8, 4) is 0 Å². The first-order valence-electron chi connectivity index (χ1n) is 5.56. The van der Waals surface area contributed by atoms with Gasteiger partial charge in [0.2, 0.25) is 0 Å². The Bertz CT molecular complexity index is 377. The predicted molar refractivity (Wildman–Crippen MR) is 71.2 cm³/mol. The van der Waals surface area contributed by atoms with Gasteiger partial charge in [0.25, 0.3) is 0 Å². The zero-order chi connectivity index (χ0) is 12.1. The van der Waals surface area contributed by atoms with E-state index >= 15 is 0 Å². The Morgan fingerprint density at radius 3 is 3.12 bits per heavy atom. The van der Waals surface area contributed by atoms with E-state index in [-0.39, 0.29) is 6.03 Å². The van der Waals surface area contributed by atoms with E-state index in [9.17, 15) is 4.79 Å². The van der Waals surface area contributed by atoms with Gasteiger partial charge in [-0.1, -0.05) is 0 Å². The van der Waals surface area contributed by atoms with E-state index in [1.54, 1.807) is 11.3 Å². The Morgan fingerprint density at radius 1 is 1.59 bits per heavy atom. The van der Waals surface area contributed by atoms with Gasteiger partial charge in [-0.2, -0.15) is 0 Å². The number of thiophene rings is 1. The molecule has 1 aliphatic rings. The molecular weight excluding hydrogens is 304 g/mol. The number of urea groups is 1. The zero-order valence-corrected chi connectivity index (χ0v) is 11.8. The number of nitrogens with one attached hydrogen (secondary N) is 2. The summed E-state index contributed by atoms with van der Waals surface area (Å²) in [5, 5.41) is 7.70. The van der Waals surface area contributed by atoms with Crippen molar-refractivity contribution < 1.29 is 9.53 Å². The number of ether oxygens (including phenoxy) is 1. The lowest BCUT2D eigenvalue weighted by atomic mass is 10.1. The number of amides is 2. The van der Waals surface area contributed by atoms with Crippen LogP contribution in [-0.4, -0.2) is 25.8 Å². The Morgan fingerprint density at radius 2 is 2.47 bits per heavy atom. The van der Waals surface area contributed by atoms with E-state index in [4.69, 9.17) is 4.74 Å². The molecule has 1 aromatic heterocycles. The van der Waals surface area contributed by atoms with Crippen molar-refractivity contribution in [2.45, 2.75) is 13.0 Å². The number of hydrogen-bond acceptors (Lipinski definition) is 3. The maximum Gasteiger partial charge on any atom is 0.315 e. The molecule has 2 rings (SSSR count). The summed E-state index contributed by atoms with van der Waals surface area (Å²) in [7, 11) is 0. The van der Waals surface area contributed by atoms with E-state index in [2.05, 4.69) is 26.6 Å². The fourth-order valence-electron chi connectivity index (χ4n) is 1.66. The van der Waals surface area contributed by atoms with Crippen molar-refractivity contribution in [3.63, 3.8) is 0 Å². The van der Waals surface area contributed by atoms with E-state index < -0.39 is 0 Å². The van der Waals surface area contributed by atoms with Gasteiger partial charge in [-0.05, 0) is 28.4 Å². The number of hydrogen-bond donors (Lipinski definition) is 2. The molecule has 1 aromatic rings. The predicted octanol–water partition coefficient (Wildman–Crippen LogP) is 2.35. The fraction of sp³-hybridized carbons (Fsp3) is 0.545. The normalized spacial score (nSPS) is 19.2. The molecule has 0 radical (unpaired) electrons. The maximum absolute atomic E-state index is 11.5. The first-order chi connectivity index (χ1) is 8.24. The molecule has 1 fully saturated rings. The SMILES string of the molecule is O=C(NCc1cc(Br)cs1)NC[C@@H]1CCOC1. The van der Waals surface area contributed by atoms with Gasteiger partial charge in [0.15, 0.2) is 0 Å². The quantitative estimate of drug-likeness (QED) is 0.895. The third kappa shape index (κ3) is 4.29. The molecule has 0 unspecified atom stereocenters. The highest BCUT2D eigenvalue weighted by Crippen LogP contribution is 2.19. The fourth-order valence-corrected chi connectivity index (χ4v) is 3.05. The lowest BCUT2D eigenvalue weighted by Gasteiger charge is -2.10. The van der Waals surface area contributed by atoms with Crippen LogP contribution in [0.15, 0.2) is 15.9 Å². The Kier molecular flexibility index (Phi) is 4.82. The number of halogens is 1. The van der Waals surface area contributed by atoms with Crippen molar-refractivity contribution in [1.29, 1.82) is 0 Å². The van der Waals surface area contributed by atoms with Crippen molar-refractivity contribution in [3.05, 3.63) is 20.8 Å². The summed E-state index contributed by atoms with van der Waals surface area (Å²) in [6.07, 6.45) is 1.04. The second kappa shape index (κ2) is 6.37. The van der Waals surface area contributed by atoms with Gasteiger partial charge in [-0.25, -0.2) is 4.79 Å². The molecule has 1 atom stereocenters. The Labute approximate surface area is 113 Å². The smallest absolute Gasteiger partial charge is 0.315 e. The number of carbonyl (C=O) groups excluding carboxylic acids is 1. The standard InChI is InChI=1S/C11H15BrN2O2S/c12-9-3-10(17-7-9)5-14-11(15)13-4-8-1-2-16-6-8/h3,7-8H,1-2,4-6H2,(H2,13,14,15)/t8-/m0/s1. The molecule has 2 N–H and O–H groups in total. The van der Waals surface area contributed by atoms with E-state index in [0.29, 0.717) is 19.0 Å². The van der Waals surface area contributed by atoms with Crippen molar-refractivity contribution >= 4 is 33.3 Å². The van der Waals surface area contributed by atoms with Crippen LogP contribution >= 0.6 is 27.3 Å². The topological polar surface area (TPSA) is 50.4 Å². The first-order valence-corrected chi connectivity index (χ1v) is 7.23. The third-order valence-corrected chi connectivity index (χ3v) is 4.32. The largest absolute Gasteiger partial charge is 0.381 e. The van der Waals surface area contributed by atoms with Gasteiger partial charge in [0.1, 0.15) is 0 Å². The molecule has 0 bridgehead atoms. The minimum absolute atomic E-state index is 0.110. The van der Waals surface area contributed by atoms with Crippen LogP contribution in [0.1, 0.15) is 11.3 Å². The maximum atomic E-state index is 11.5. The third-order valence-electron chi connectivity index (χ3n) is 2.62. The average molecular weight is 319 g/mol.